The Morgan fingerprint density at radius 3 is 2.26 bits per heavy atom. The first-order valence-corrected chi connectivity index (χ1v) is 8.24. The Labute approximate surface area is 122 Å². The molecular formula is C15H26N2OS. The predicted octanol–water partition coefficient (Wildman–Crippen LogP) is 3.23. The second-order valence-corrected chi connectivity index (χ2v) is 6.24. The van der Waals surface area contributed by atoms with Gasteiger partial charge in [-0.1, -0.05) is 32.1 Å². The van der Waals surface area contributed by atoms with E-state index in [0.29, 0.717) is 11.2 Å². The van der Waals surface area contributed by atoms with E-state index in [1.165, 1.54) is 44.9 Å². The third-order valence-corrected chi connectivity index (χ3v) is 4.91. The summed E-state index contributed by atoms with van der Waals surface area (Å²) in [4.78, 5) is 14.4. The third kappa shape index (κ3) is 3.91. The Morgan fingerprint density at radius 2 is 1.68 bits per heavy atom. The van der Waals surface area contributed by atoms with Crippen molar-refractivity contribution in [1.29, 1.82) is 0 Å². The summed E-state index contributed by atoms with van der Waals surface area (Å²) >= 11 is 5.46. The van der Waals surface area contributed by atoms with Gasteiger partial charge in [0.1, 0.15) is 0 Å². The van der Waals surface area contributed by atoms with E-state index in [1.54, 1.807) is 0 Å². The number of rotatable bonds is 3. The highest BCUT2D eigenvalue weighted by Crippen LogP contribution is 2.25. The highest BCUT2D eigenvalue weighted by molar-refractivity contribution is 7.80. The number of hydrogen-bond acceptors (Lipinski definition) is 2. The van der Waals surface area contributed by atoms with Crippen molar-refractivity contribution < 1.29 is 4.79 Å². The highest BCUT2D eigenvalue weighted by atomic mass is 32.1. The summed E-state index contributed by atoms with van der Waals surface area (Å²) in [6.45, 7) is 3.02. The number of carbonyl (C=O) groups excluding carboxylic acids is 1. The minimum atomic E-state index is 0.150. The fourth-order valence-electron chi connectivity index (χ4n) is 3.43. The van der Waals surface area contributed by atoms with Crippen LogP contribution in [-0.4, -0.2) is 28.5 Å². The van der Waals surface area contributed by atoms with Crippen molar-refractivity contribution in [2.75, 3.05) is 6.54 Å². The molecule has 4 heteroatoms. The van der Waals surface area contributed by atoms with Crippen molar-refractivity contribution in [3.8, 4) is 0 Å². The van der Waals surface area contributed by atoms with Crippen LogP contribution in [0.2, 0.25) is 0 Å². The molecule has 0 radical (unpaired) electrons. The van der Waals surface area contributed by atoms with E-state index in [9.17, 15) is 4.79 Å². The Kier molecular flexibility index (Phi) is 5.61. The van der Waals surface area contributed by atoms with Gasteiger partial charge in [0.2, 0.25) is 5.91 Å². The number of nitrogens with one attached hydrogen (secondary N) is 1. The fourth-order valence-corrected chi connectivity index (χ4v) is 3.81. The van der Waals surface area contributed by atoms with Gasteiger partial charge in [-0.05, 0) is 44.8 Å². The smallest absolute Gasteiger partial charge is 0.229 e. The Morgan fingerprint density at radius 1 is 1.11 bits per heavy atom. The van der Waals surface area contributed by atoms with E-state index >= 15 is 0 Å². The van der Waals surface area contributed by atoms with Gasteiger partial charge in [0.15, 0.2) is 5.11 Å². The summed E-state index contributed by atoms with van der Waals surface area (Å²) in [5, 5.41) is 3.65. The number of carbonyl (C=O) groups is 1. The number of thiocarbonyl (C=S) groups is 1. The molecule has 2 aliphatic carbocycles. The SMILES string of the molecule is CCN(C(=S)NC(=O)C1CCCC1)C1CCCCC1. The lowest BCUT2D eigenvalue weighted by atomic mass is 9.94. The van der Waals surface area contributed by atoms with Crippen LogP contribution in [0.5, 0.6) is 0 Å². The summed E-state index contributed by atoms with van der Waals surface area (Å²) < 4.78 is 0. The van der Waals surface area contributed by atoms with Crippen molar-refractivity contribution in [2.45, 2.75) is 70.8 Å². The number of hydrogen-bond donors (Lipinski definition) is 1. The normalized spacial score (nSPS) is 21.3. The van der Waals surface area contributed by atoms with Gasteiger partial charge in [0.05, 0.1) is 0 Å². The maximum absolute atomic E-state index is 12.1. The molecule has 1 amide bonds. The fraction of sp³-hybridized carbons (Fsp3) is 0.867. The van der Waals surface area contributed by atoms with Gasteiger partial charge in [-0.3, -0.25) is 4.79 Å². The molecule has 2 rings (SSSR count). The van der Waals surface area contributed by atoms with Crippen LogP contribution >= 0.6 is 12.2 Å². The molecule has 2 fully saturated rings. The minimum Gasteiger partial charge on any atom is -0.346 e. The van der Waals surface area contributed by atoms with Crippen LogP contribution in [0.3, 0.4) is 0 Å². The largest absolute Gasteiger partial charge is 0.346 e. The van der Waals surface area contributed by atoms with Crippen LogP contribution in [0.25, 0.3) is 0 Å². The molecule has 0 bridgehead atoms. The van der Waals surface area contributed by atoms with E-state index in [-0.39, 0.29) is 11.8 Å². The number of nitrogens with zero attached hydrogens (tertiary/aromatic N) is 1. The Bertz CT molecular complexity index is 320. The van der Waals surface area contributed by atoms with Gasteiger partial charge in [0, 0.05) is 18.5 Å². The molecule has 0 heterocycles. The van der Waals surface area contributed by atoms with E-state index in [4.69, 9.17) is 12.2 Å². The lowest BCUT2D eigenvalue weighted by Crippen LogP contribution is -2.49. The predicted molar refractivity (Wildman–Crippen MR) is 82.0 cm³/mol. The second kappa shape index (κ2) is 7.22. The average Bonchev–Trinajstić information content (AvgIpc) is 2.94. The molecule has 0 aromatic heterocycles. The molecule has 2 saturated carbocycles. The molecule has 1 N–H and O–H groups in total. The Hall–Kier alpha value is -0.640. The van der Waals surface area contributed by atoms with Crippen molar-refractivity contribution in [3.05, 3.63) is 0 Å². The van der Waals surface area contributed by atoms with Crippen molar-refractivity contribution in [1.82, 2.24) is 10.2 Å². The van der Waals surface area contributed by atoms with Crippen LogP contribution in [-0.2, 0) is 4.79 Å². The van der Waals surface area contributed by atoms with Gasteiger partial charge in [-0.15, -0.1) is 0 Å². The average molecular weight is 282 g/mol. The molecular weight excluding hydrogens is 256 g/mol. The summed E-state index contributed by atoms with van der Waals surface area (Å²) in [5.74, 6) is 0.347. The summed E-state index contributed by atoms with van der Waals surface area (Å²) in [6.07, 6.45) is 10.8. The topological polar surface area (TPSA) is 32.3 Å². The van der Waals surface area contributed by atoms with Gasteiger partial charge in [-0.2, -0.15) is 0 Å². The zero-order valence-corrected chi connectivity index (χ0v) is 12.8. The summed E-state index contributed by atoms with van der Waals surface area (Å²) in [5.41, 5.74) is 0. The van der Waals surface area contributed by atoms with Crippen molar-refractivity contribution in [3.63, 3.8) is 0 Å². The van der Waals surface area contributed by atoms with Crippen molar-refractivity contribution in [2.24, 2.45) is 5.92 Å². The van der Waals surface area contributed by atoms with Crippen LogP contribution in [0.15, 0.2) is 0 Å². The lowest BCUT2D eigenvalue weighted by molar-refractivity contribution is -0.123. The zero-order chi connectivity index (χ0) is 13.7. The molecule has 2 aliphatic rings. The maximum atomic E-state index is 12.1. The van der Waals surface area contributed by atoms with Gasteiger partial charge in [0.25, 0.3) is 0 Å². The Balaban J connectivity index is 1.86. The first kappa shape index (κ1) is 14.8. The van der Waals surface area contributed by atoms with Crippen LogP contribution < -0.4 is 5.32 Å². The standard InChI is InChI=1S/C15H26N2OS/c1-2-17(13-10-4-3-5-11-13)15(19)16-14(18)12-8-6-7-9-12/h12-13H,2-11H2,1H3,(H,16,18,19). The van der Waals surface area contributed by atoms with Crippen LogP contribution in [0.1, 0.15) is 64.7 Å². The van der Waals surface area contributed by atoms with E-state index in [2.05, 4.69) is 17.1 Å². The lowest BCUT2D eigenvalue weighted by Gasteiger charge is -2.35. The van der Waals surface area contributed by atoms with Crippen LogP contribution in [0, 0.1) is 5.92 Å². The molecule has 19 heavy (non-hydrogen) atoms. The van der Waals surface area contributed by atoms with Crippen molar-refractivity contribution >= 4 is 23.2 Å². The molecule has 0 saturated heterocycles. The molecule has 0 unspecified atom stereocenters. The third-order valence-electron chi connectivity index (χ3n) is 4.57. The van der Waals surface area contributed by atoms with Gasteiger partial charge in [-0.25, -0.2) is 0 Å². The highest BCUT2D eigenvalue weighted by Gasteiger charge is 2.26. The van der Waals surface area contributed by atoms with Gasteiger partial charge >= 0.3 is 0 Å². The summed E-state index contributed by atoms with van der Waals surface area (Å²) in [7, 11) is 0. The maximum Gasteiger partial charge on any atom is 0.229 e. The first-order chi connectivity index (χ1) is 9.22. The van der Waals surface area contributed by atoms with E-state index in [1.807, 2.05) is 0 Å². The molecule has 0 atom stereocenters. The molecule has 0 aliphatic heterocycles. The van der Waals surface area contributed by atoms with Crippen LogP contribution in [0.4, 0.5) is 0 Å². The molecule has 3 nitrogen and oxygen atoms in total. The van der Waals surface area contributed by atoms with E-state index < -0.39 is 0 Å². The second-order valence-electron chi connectivity index (χ2n) is 5.85. The quantitative estimate of drug-likeness (QED) is 0.807. The number of amides is 1. The first-order valence-electron chi connectivity index (χ1n) is 7.84. The minimum absolute atomic E-state index is 0.150. The van der Waals surface area contributed by atoms with E-state index in [0.717, 1.165) is 19.4 Å². The zero-order valence-electron chi connectivity index (χ0n) is 12.0. The molecule has 0 aromatic carbocycles. The monoisotopic (exact) mass is 282 g/mol. The molecule has 0 spiro atoms. The van der Waals surface area contributed by atoms with Gasteiger partial charge < -0.3 is 10.2 Å². The molecule has 108 valence electrons. The summed E-state index contributed by atoms with van der Waals surface area (Å²) in [6, 6.07) is 0.537. The molecule has 0 aromatic rings.